The fourth-order valence-electron chi connectivity index (χ4n) is 1.16. The summed E-state index contributed by atoms with van der Waals surface area (Å²) >= 11 is 0. The minimum Gasteiger partial charge on any atom is -0.324 e. The average molecular weight is 200 g/mol. The monoisotopic (exact) mass is 199 g/mol. The summed E-state index contributed by atoms with van der Waals surface area (Å²) in [5, 5.41) is 0. The summed E-state index contributed by atoms with van der Waals surface area (Å²) in [7, 11) is 0. The number of carbonyl (C=O) groups excluding carboxylic acids is 1. The van der Waals surface area contributed by atoms with Crippen LogP contribution in [-0.2, 0) is 0 Å². The van der Waals surface area contributed by atoms with Gasteiger partial charge in [0.1, 0.15) is 0 Å². The lowest BCUT2D eigenvalue weighted by molar-refractivity contribution is 0.100. The Morgan fingerprint density at radius 1 is 1.38 bits per heavy atom. The minimum absolute atomic E-state index is 0. The average Bonchev–Trinajstić information content (AvgIpc) is 2.08. The van der Waals surface area contributed by atoms with Crippen LogP contribution < -0.4 is 5.73 Å². The molecular formula is C10H14ClNO. The van der Waals surface area contributed by atoms with Crippen LogP contribution in [0.25, 0.3) is 0 Å². The quantitative estimate of drug-likeness (QED) is 0.739. The van der Waals surface area contributed by atoms with Gasteiger partial charge in [-0.2, -0.15) is 0 Å². The molecule has 0 spiro atoms. The number of Topliss-reactive ketones (excluding diaryl/α,β-unsaturated/α-hetero) is 1. The first-order valence-corrected chi connectivity index (χ1v) is 3.96. The summed E-state index contributed by atoms with van der Waals surface area (Å²) in [6, 6.07) is 5.69. The van der Waals surface area contributed by atoms with Gasteiger partial charge in [-0.05, 0) is 25.0 Å². The molecule has 2 nitrogen and oxygen atoms in total. The van der Waals surface area contributed by atoms with E-state index in [1.807, 2.05) is 32.0 Å². The Kier molecular flexibility index (Phi) is 4.67. The maximum absolute atomic E-state index is 11.3. The van der Waals surface area contributed by atoms with Gasteiger partial charge in [0.05, 0.1) is 6.54 Å². The highest BCUT2D eigenvalue weighted by Gasteiger charge is 2.06. The van der Waals surface area contributed by atoms with Gasteiger partial charge in [0, 0.05) is 5.56 Å². The van der Waals surface area contributed by atoms with Crippen molar-refractivity contribution in [1.82, 2.24) is 0 Å². The zero-order chi connectivity index (χ0) is 9.14. The second-order valence-corrected chi connectivity index (χ2v) is 2.87. The molecular weight excluding hydrogens is 186 g/mol. The van der Waals surface area contributed by atoms with Crippen LogP contribution in [0.3, 0.4) is 0 Å². The molecule has 1 aromatic carbocycles. The highest BCUT2D eigenvalue weighted by Crippen LogP contribution is 2.12. The van der Waals surface area contributed by atoms with Crippen LogP contribution >= 0.6 is 12.4 Å². The summed E-state index contributed by atoms with van der Waals surface area (Å²) < 4.78 is 0. The third kappa shape index (κ3) is 2.54. The Balaban J connectivity index is 0.00000144. The Morgan fingerprint density at radius 2 is 2.00 bits per heavy atom. The lowest BCUT2D eigenvalue weighted by Crippen LogP contribution is -2.15. The molecule has 0 radical (unpaired) electrons. The molecule has 0 saturated carbocycles. The molecule has 0 atom stereocenters. The Hall–Kier alpha value is -0.860. The third-order valence-corrected chi connectivity index (χ3v) is 2.09. The highest BCUT2D eigenvalue weighted by molar-refractivity contribution is 5.99. The van der Waals surface area contributed by atoms with Gasteiger partial charge in [-0.3, -0.25) is 4.79 Å². The van der Waals surface area contributed by atoms with E-state index in [2.05, 4.69) is 0 Å². The zero-order valence-corrected chi connectivity index (χ0v) is 8.65. The highest BCUT2D eigenvalue weighted by atomic mass is 35.5. The van der Waals surface area contributed by atoms with Gasteiger partial charge in [0.25, 0.3) is 0 Å². The smallest absolute Gasteiger partial charge is 0.176 e. The first kappa shape index (κ1) is 12.1. The molecule has 13 heavy (non-hydrogen) atoms. The molecule has 1 aromatic rings. The molecule has 0 aliphatic rings. The standard InChI is InChI=1S/C10H13NO.ClH/c1-7-4-3-5-9(8(7)2)10(12)6-11;/h3-5H,6,11H2,1-2H3;1H. The van der Waals surface area contributed by atoms with Crippen molar-refractivity contribution in [3.8, 4) is 0 Å². The molecule has 0 saturated heterocycles. The van der Waals surface area contributed by atoms with E-state index in [1.165, 1.54) is 0 Å². The number of ketones is 1. The van der Waals surface area contributed by atoms with Gasteiger partial charge in [-0.25, -0.2) is 0 Å². The van der Waals surface area contributed by atoms with Crippen LogP contribution in [0.4, 0.5) is 0 Å². The van der Waals surface area contributed by atoms with Crippen molar-refractivity contribution >= 4 is 18.2 Å². The first-order chi connectivity index (χ1) is 5.66. The maximum atomic E-state index is 11.3. The lowest BCUT2D eigenvalue weighted by Gasteiger charge is -2.05. The van der Waals surface area contributed by atoms with Gasteiger partial charge in [-0.1, -0.05) is 18.2 Å². The third-order valence-electron chi connectivity index (χ3n) is 2.09. The van der Waals surface area contributed by atoms with E-state index in [0.29, 0.717) is 0 Å². The molecule has 0 unspecified atom stereocenters. The lowest BCUT2D eigenvalue weighted by atomic mass is 10.0. The zero-order valence-electron chi connectivity index (χ0n) is 7.83. The fraction of sp³-hybridized carbons (Fsp3) is 0.300. The maximum Gasteiger partial charge on any atom is 0.176 e. The molecule has 0 heterocycles. The van der Waals surface area contributed by atoms with E-state index in [4.69, 9.17) is 5.73 Å². The second kappa shape index (κ2) is 5.00. The Bertz CT molecular complexity index is 310. The molecule has 2 N–H and O–H groups in total. The summed E-state index contributed by atoms with van der Waals surface area (Å²) in [5.74, 6) is 0.0104. The summed E-state index contributed by atoms with van der Waals surface area (Å²) in [6.45, 7) is 4.02. The second-order valence-electron chi connectivity index (χ2n) is 2.87. The number of aryl methyl sites for hydroxylation is 1. The van der Waals surface area contributed by atoms with Crippen LogP contribution in [0, 0.1) is 13.8 Å². The minimum atomic E-state index is 0. The van der Waals surface area contributed by atoms with Crippen molar-refractivity contribution < 1.29 is 4.79 Å². The topological polar surface area (TPSA) is 43.1 Å². The molecule has 0 aliphatic heterocycles. The van der Waals surface area contributed by atoms with Crippen molar-refractivity contribution in [2.45, 2.75) is 13.8 Å². The van der Waals surface area contributed by atoms with Gasteiger partial charge < -0.3 is 5.73 Å². The number of rotatable bonds is 2. The van der Waals surface area contributed by atoms with E-state index in [9.17, 15) is 4.79 Å². The molecule has 0 aromatic heterocycles. The molecule has 72 valence electrons. The summed E-state index contributed by atoms with van der Waals surface area (Å²) in [4.78, 5) is 11.3. The van der Waals surface area contributed by atoms with E-state index in [-0.39, 0.29) is 24.7 Å². The van der Waals surface area contributed by atoms with Crippen LogP contribution in [0.2, 0.25) is 0 Å². The van der Waals surface area contributed by atoms with E-state index in [1.54, 1.807) is 0 Å². The number of halogens is 1. The Labute approximate surface area is 84.5 Å². The van der Waals surface area contributed by atoms with Gasteiger partial charge in [0.15, 0.2) is 5.78 Å². The van der Waals surface area contributed by atoms with Gasteiger partial charge in [0.2, 0.25) is 0 Å². The number of hydrogen-bond donors (Lipinski definition) is 1. The van der Waals surface area contributed by atoms with Crippen molar-refractivity contribution in [3.63, 3.8) is 0 Å². The number of benzene rings is 1. The van der Waals surface area contributed by atoms with Crippen LogP contribution in [0.15, 0.2) is 18.2 Å². The molecule has 0 fully saturated rings. The first-order valence-electron chi connectivity index (χ1n) is 3.96. The largest absolute Gasteiger partial charge is 0.324 e. The SMILES string of the molecule is Cc1cccc(C(=O)CN)c1C.Cl. The molecule has 0 amide bonds. The van der Waals surface area contributed by atoms with Gasteiger partial charge >= 0.3 is 0 Å². The molecule has 0 aliphatic carbocycles. The normalized spacial score (nSPS) is 9.15. The number of hydrogen-bond acceptors (Lipinski definition) is 2. The van der Waals surface area contributed by atoms with E-state index >= 15 is 0 Å². The van der Waals surface area contributed by atoms with Crippen LogP contribution in [0.1, 0.15) is 21.5 Å². The van der Waals surface area contributed by atoms with Crippen molar-refractivity contribution in [3.05, 3.63) is 34.9 Å². The summed E-state index contributed by atoms with van der Waals surface area (Å²) in [5.41, 5.74) is 8.19. The molecule has 0 bridgehead atoms. The number of nitrogens with two attached hydrogens (primary N) is 1. The van der Waals surface area contributed by atoms with Crippen LogP contribution in [0.5, 0.6) is 0 Å². The molecule has 3 heteroatoms. The van der Waals surface area contributed by atoms with E-state index < -0.39 is 0 Å². The molecule has 1 rings (SSSR count). The van der Waals surface area contributed by atoms with E-state index in [0.717, 1.165) is 16.7 Å². The van der Waals surface area contributed by atoms with Crippen molar-refractivity contribution in [2.24, 2.45) is 5.73 Å². The van der Waals surface area contributed by atoms with Crippen LogP contribution in [-0.4, -0.2) is 12.3 Å². The van der Waals surface area contributed by atoms with Crippen molar-refractivity contribution in [1.29, 1.82) is 0 Å². The predicted molar refractivity (Wildman–Crippen MR) is 56.5 cm³/mol. The number of carbonyl (C=O) groups is 1. The predicted octanol–water partition coefficient (Wildman–Crippen LogP) is 1.87. The Morgan fingerprint density at radius 3 is 2.54 bits per heavy atom. The van der Waals surface area contributed by atoms with Crippen molar-refractivity contribution in [2.75, 3.05) is 6.54 Å². The summed E-state index contributed by atoms with van der Waals surface area (Å²) in [6.07, 6.45) is 0. The van der Waals surface area contributed by atoms with Gasteiger partial charge in [-0.15, -0.1) is 12.4 Å². The fourth-order valence-corrected chi connectivity index (χ4v) is 1.16.